The van der Waals surface area contributed by atoms with Crippen LogP contribution in [0.2, 0.25) is 0 Å². The second-order valence-corrected chi connectivity index (χ2v) is 5.65. The van der Waals surface area contributed by atoms with Crippen LogP contribution in [0.1, 0.15) is 5.69 Å². The molecule has 1 aromatic heterocycles. The molecular formula is C18H19N3O5. The molecule has 0 radical (unpaired) electrons. The van der Waals surface area contributed by atoms with E-state index < -0.39 is 11.9 Å². The van der Waals surface area contributed by atoms with E-state index in [9.17, 15) is 9.59 Å². The Morgan fingerprint density at radius 1 is 1.08 bits per heavy atom. The van der Waals surface area contributed by atoms with Crippen LogP contribution >= 0.6 is 0 Å². The second-order valence-electron chi connectivity index (χ2n) is 5.65. The zero-order valence-electron chi connectivity index (χ0n) is 14.8. The Labute approximate surface area is 150 Å². The number of nitrogens with zero attached hydrogens (tertiary/aromatic N) is 3. The standard InChI is InChI=1S/C18H19N3O5/c1-12-8-20(10-19-12)13-4-6-14(7-5-13)21-11-26-9-15(17(22)24-2)16(21)18(23)25-3/h4-8,10H,9,11H2,1-3H3. The van der Waals surface area contributed by atoms with Gasteiger partial charge in [0.25, 0.3) is 0 Å². The number of benzene rings is 1. The molecule has 26 heavy (non-hydrogen) atoms. The van der Waals surface area contributed by atoms with Crippen molar-refractivity contribution in [1.82, 2.24) is 9.55 Å². The number of methoxy groups -OCH3 is 2. The summed E-state index contributed by atoms with van der Waals surface area (Å²) in [4.78, 5) is 30.1. The number of esters is 2. The fourth-order valence-electron chi connectivity index (χ4n) is 2.71. The molecule has 2 aromatic rings. The van der Waals surface area contributed by atoms with Crippen molar-refractivity contribution in [2.45, 2.75) is 6.92 Å². The van der Waals surface area contributed by atoms with Crippen molar-refractivity contribution in [3.8, 4) is 5.69 Å². The molecule has 8 nitrogen and oxygen atoms in total. The van der Waals surface area contributed by atoms with Gasteiger partial charge in [-0.05, 0) is 31.2 Å². The Balaban J connectivity index is 1.98. The molecule has 1 aliphatic heterocycles. The molecule has 0 fully saturated rings. The van der Waals surface area contributed by atoms with Crippen LogP contribution in [0.5, 0.6) is 0 Å². The Kier molecular flexibility index (Phi) is 5.04. The van der Waals surface area contributed by atoms with E-state index >= 15 is 0 Å². The topological polar surface area (TPSA) is 82.9 Å². The van der Waals surface area contributed by atoms with E-state index in [1.165, 1.54) is 14.2 Å². The maximum Gasteiger partial charge on any atom is 0.355 e. The molecule has 2 heterocycles. The third-order valence-corrected chi connectivity index (χ3v) is 4.00. The van der Waals surface area contributed by atoms with Crippen molar-refractivity contribution in [3.63, 3.8) is 0 Å². The van der Waals surface area contributed by atoms with Gasteiger partial charge in [0.05, 0.1) is 38.4 Å². The smallest absolute Gasteiger partial charge is 0.355 e. The molecule has 1 aliphatic rings. The first kappa shape index (κ1) is 17.7. The van der Waals surface area contributed by atoms with Crippen LogP contribution in [0.25, 0.3) is 5.69 Å². The number of anilines is 1. The van der Waals surface area contributed by atoms with Gasteiger partial charge in [-0.3, -0.25) is 0 Å². The first-order chi connectivity index (χ1) is 12.5. The van der Waals surface area contributed by atoms with Crippen LogP contribution in [0.4, 0.5) is 5.69 Å². The minimum Gasteiger partial charge on any atom is -0.466 e. The van der Waals surface area contributed by atoms with Crippen molar-refractivity contribution in [1.29, 1.82) is 0 Å². The molecule has 0 spiro atoms. The number of aromatic nitrogens is 2. The van der Waals surface area contributed by atoms with Gasteiger partial charge in [0.15, 0.2) is 0 Å². The summed E-state index contributed by atoms with van der Waals surface area (Å²) in [5.74, 6) is -1.25. The van der Waals surface area contributed by atoms with Gasteiger partial charge in [-0.2, -0.15) is 0 Å². The predicted octanol–water partition coefficient (Wildman–Crippen LogP) is 1.57. The quantitative estimate of drug-likeness (QED) is 0.768. The van der Waals surface area contributed by atoms with Gasteiger partial charge in [-0.25, -0.2) is 14.6 Å². The summed E-state index contributed by atoms with van der Waals surface area (Å²) in [6.07, 6.45) is 3.64. The third-order valence-electron chi connectivity index (χ3n) is 4.00. The summed E-state index contributed by atoms with van der Waals surface area (Å²) in [5, 5.41) is 0. The highest BCUT2D eigenvalue weighted by Gasteiger charge is 2.32. The van der Waals surface area contributed by atoms with E-state index in [2.05, 4.69) is 4.98 Å². The van der Waals surface area contributed by atoms with E-state index in [1.807, 2.05) is 42.0 Å². The lowest BCUT2D eigenvalue weighted by molar-refractivity contribution is -0.140. The molecule has 3 rings (SSSR count). The van der Waals surface area contributed by atoms with E-state index in [4.69, 9.17) is 14.2 Å². The highest BCUT2D eigenvalue weighted by atomic mass is 16.5. The van der Waals surface area contributed by atoms with E-state index in [0.29, 0.717) is 5.69 Å². The Bertz CT molecular complexity index is 854. The Morgan fingerprint density at radius 2 is 1.73 bits per heavy atom. The normalized spacial score (nSPS) is 14.3. The Morgan fingerprint density at radius 3 is 2.31 bits per heavy atom. The van der Waals surface area contributed by atoms with Gasteiger partial charge in [-0.1, -0.05) is 0 Å². The monoisotopic (exact) mass is 357 g/mol. The zero-order valence-corrected chi connectivity index (χ0v) is 14.8. The molecular weight excluding hydrogens is 338 g/mol. The second kappa shape index (κ2) is 7.40. The average Bonchev–Trinajstić information content (AvgIpc) is 3.12. The molecule has 0 amide bonds. The van der Waals surface area contributed by atoms with Crippen molar-refractivity contribution < 1.29 is 23.8 Å². The lowest BCUT2D eigenvalue weighted by atomic mass is 10.1. The number of imidazole rings is 1. The largest absolute Gasteiger partial charge is 0.466 e. The molecule has 0 aliphatic carbocycles. The van der Waals surface area contributed by atoms with Crippen LogP contribution in [0.15, 0.2) is 48.1 Å². The minimum absolute atomic E-state index is 0.0139. The van der Waals surface area contributed by atoms with Crippen molar-refractivity contribution in [2.24, 2.45) is 0 Å². The maximum atomic E-state index is 12.3. The zero-order chi connectivity index (χ0) is 18.7. The lowest BCUT2D eigenvalue weighted by Crippen LogP contribution is -2.38. The SMILES string of the molecule is COC(=O)C1=C(C(=O)OC)N(c2ccc(-n3cnc(C)c3)cc2)COC1. The fourth-order valence-corrected chi connectivity index (χ4v) is 2.71. The number of hydrogen-bond acceptors (Lipinski definition) is 7. The minimum atomic E-state index is -0.624. The van der Waals surface area contributed by atoms with Gasteiger partial charge in [0.1, 0.15) is 12.4 Å². The van der Waals surface area contributed by atoms with Gasteiger partial charge < -0.3 is 23.7 Å². The first-order valence-electron chi connectivity index (χ1n) is 7.91. The summed E-state index contributed by atoms with van der Waals surface area (Å²) in [6, 6.07) is 7.43. The van der Waals surface area contributed by atoms with E-state index in [-0.39, 0.29) is 24.6 Å². The van der Waals surface area contributed by atoms with Crippen LogP contribution in [0, 0.1) is 6.92 Å². The molecule has 0 N–H and O–H groups in total. The highest BCUT2D eigenvalue weighted by Crippen LogP contribution is 2.27. The molecule has 1 aromatic carbocycles. The van der Waals surface area contributed by atoms with E-state index in [0.717, 1.165) is 11.4 Å². The van der Waals surface area contributed by atoms with Crippen LogP contribution in [-0.4, -0.2) is 49.0 Å². The molecule has 0 unspecified atom stereocenters. The van der Waals surface area contributed by atoms with Gasteiger partial charge in [-0.15, -0.1) is 0 Å². The highest BCUT2D eigenvalue weighted by molar-refractivity contribution is 6.03. The third kappa shape index (κ3) is 3.31. The molecule has 0 saturated carbocycles. The number of aryl methyl sites for hydroxylation is 1. The first-order valence-corrected chi connectivity index (χ1v) is 7.91. The van der Waals surface area contributed by atoms with Gasteiger partial charge in [0.2, 0.25) is 0 Å². The van der Waals surface area contributed by atoms with E-state index in [1.54, 1.807) is 11.2 Å². The summed E-state index contributed by atoms with van der Waals surface area (Å²) in [7, 11) is 2.52. The number of carbonyl (C=O) groups is 2. The Hall–Kier alpha value is -3.13. The molecule has 8 heteroatoms. The summed E-state index contributed by atoms with van der Waals surface area (Å²) >= 11 is 0. The van der Waals surface area contributed by atoms with Gasteiger partial charge >= 0.3 is 11.9 Å². The molecule has 0 atom stereocenters. The summed E-state index contributed by atoms with van der Waals surface area (Å²) in [5.41, 5.74) is 2.77. The predicted molar refractivity (Wildman–Crippen MR) is 92.7 cm³/mol. The van der Waals surface area contributed by atoms with Gasteiger partial charge in [0, 0.05) is 17.6 Å². The van der Waals surface area contributed by atoms with Crippen molar-refractivity contribution in [3.05, 3.63) is 53.8 Å². The summed E-state index contributed by atoms with van der Waals surface area (Å²) in [6.45, 7) is 2.02. The average molecular weight is 357 g/mol. The number of ether oxygens (including phenoxy) is 3. The van der Waals surface area contributed by atoms with Crippen LogP contribution in [0.3, 0.4) is 0 Å². The van der Waals surface area contributed by atoms with Crippen LogP contribution < -0.4 is 4.90 Å². The van der Waals surface area contributed by atoms with Crippen molar-refractivity contribution >= 4 is 17.6 Å². The molecule has 0 saturated heterocycles. The lowest BCUT2D eigenvalue weighted by Gasteiger charge is -2.31. The fraction of sp³-hybridized carbons (Fsp3) is 0.278. The number of hydrogen-bond donors (Lipinski definition) is 0. The number of rotatable bonds is 4. The molecule has 0 bridgehead atoms. The number of carbonyl (C=O) groups excluding carboxylic acids is 2. The van der Waals surface area contributed by atoms with Crippen LogP contribution in [-0.2, 0) is 23.8 Å². The van der Waals surface area contributed by atoms with Crippen molar-refractivity contribution in [2.75, 3.05) is 32.5 Å². The maximum absolute atomic E-state index is 12.3. The molecule has 136 valence electrons. The summed E-state index contributed by atoms with van der Waals surface area (Å²) < 4.78 is 17.0.